The van der Waals surface area contributed by atoms with Crippen molar-refractivity contribution in [3.05, 3.63) is 58.5 Å². The third-order valence-corrected chi connectivity index (χ3v) is 5.56. The minimum Gasteiger partial charge on any atom is -0.354 e. The normalized spacial score (nSPS) is 15.3. The molecule has 0 amide bonds. The van der Waals surface area contributed by atoms with E-state index in [1.165, 1.54) is 0 Å². The molecule has 0 radical (unpaired) electrons. The molecule has 2 aromatic heterocycles. The zero-order chi connectivity index (χ0) is 18.8. The molecule has 0 N–H and O–H groups in total. The van der Waals surface area contributed by atoms with E-state index in [0.717, 1.165) is 43.4 Å². The van der Waals surface area contributed by atoms with Crippen molar-refractivity contribution in [3.63, 3.8) is 0 Å². The summed E-state index contributed by atoms with van der Waals surface area (Å²) in [6, 6.07) is 13.7. The average Bonchev–Trinajstić information content (AvgIpc) is 2.98. The number of nitrogens with zero attached hydrogens (tertiary/aromatic N) is 6. The minimum atomic E-state index is 0.691. The summed E-state index contributed by atoms with van der Waals surface area (Å²) in [6.07, 6.45) is 1.84. The largest absolute Gasteiger partial charge is 0.354 e. The van der Waals surface area contributed by atoms with Crippen LogP contribution in [0.1, 0.15) is 0 Å². The molecule has 140 valence electrons. The Hall–Kier alpha value is -2.22. The maximum Gasteiger partial charge on any atom is 0.199 e. The second kappa shape index (κ2) is 7.80. The predicted octanol–water partition coefficient (Wildman–Crippen LogP) is 3.45. The van der Waals surface area contributed by atoms with Gasteiger partial charge in [0, 0.05) is 50.0 Å². The molecule has 1 aliphatic heterocycles. The van der Waals surface area contributed by atoms with E-state index in [1.807, 2.05) is 58.9 Å². The molecule has 1 aromatic carbocycles. The Kier molecular flexibility index (Phi) is 5.24. The van der Waals surface area contributed by atoms with Crippen LogP contribution in [0.4, 0.5) is 5.82 Å². The second-order valence-electron chi connectivity index (χ2n) is 6.61. The highest BCUT2D eigenvalue weighted by Crippen LogP contribution is 2.20. The van der Waals surface area contributed by atoms with Gasteiger partial charge in [-0.3, -0.25) is 4.90 Å². The lowest BCUT2D eigenvalue weighted by Crippen LogP contribution is -2.47. The molecule has 3 aromatic rings. The fourth-order valence-corrected chi connectivity index (χ4v) is 3.59. The zero-order valence-corrected chi connectivity index (χ0v) is 16.7. The van der Waals surface area contributed by atoms with Crippen LogP contribution in [0.15, 0.2) is 48.7 Å². The molecule has 3 heterocycles. The van der Waals surface area contributed by atoms with Gasteiger partial charge in [-0.05, 0) is 48.6 Å². The Morgan fingerprint density at radius 3 is 2.44 bits per heavy atom. The van der Waals surface area contributed by atoms with Crippen molar-refractivity contribution < 1.29 is 0 Å². The molecule has 0 atom stereocenters. The minimum absolute atomic E-state index is 0.691. The van der Waals surface area contributed by atoms with Gasteiger partial charge in [-0.25, -0.2) is 9.67 Å². The van der Waals surface area contributed by atoms with E-state index in [4.69, 9.17) is 28.9 Å². The Bertz CT molecular complexity index is 958. The van der Waals surface area contributed by atoms with Crippen LogP contribution in [0.2, 0.25) is 5.02 Å². The molecule has 1 aliphatic rings. The number of pyridine rings is 1. The molecule has 4 rings (SSSR count). The number of rotatable bonds is 4. The summed E-state index contributed by atoms with van der Waals surface area (Å²) in [5, 5.41) is 5.46. The van der Waals surface area contributed by atoms with E-state index in [0.29, 0.717) is 16.5 Å². The Labute approximate surface area is 168 Å². The van der Waals surface area contributed by atoms with E-state index in [-0.39, 0.29) is 0 Å². The van der Waals surface area contributed by atoms with Crippen molar-refractivity contribution in [2.24, 2.45) is 7.05 Å². The van der Waals surface area contributed by atoms with Crippen LogP contribution >= 0.6 is 23.8 Å². The van der Waals surface area contributed by atoms with Crippen molar-refractivity contribution in [1.29, 1.82) is 0 Å². The summed E-state index contributed by atoms with van der Waals surface area (Å²) < 4.78 is 4.56. The number of anilines is 1. The van der Waals surface area contributed by atoms with E-state index >= 15 is 0 Å². The van der Waals surface area contributed by atoms with E-state index < -0.39 is 0 Å². The first kappa shape index (κ1) is 18.2. The van der Waals surface area contributed by atoms with Crippen molar-refractivity contribution in [2.75, 3.05) is 31.1 Å². The predicted molar refractivity (Wildman–Crippen MR) is 111 cm³/mol. The van der Waals surface area contributed by atoms with Crippen LogP contribution in [0.5, 0.6) is 0 Å². The number of hydrogen-bond donors (Lipinski definition) is 0. The Morgan fingerprint density at radius 1 is 1.04 bits per heavy atom. The summed E-state index contributed by atoms with van der Waals surface area (Å²) in [5.74, 6) is 1.89. The summed E-state index contributed by atoms with van der Waals surface area (Å²) in [4.78, 5) is 9.12. The van der Waals surface area contributed by atoms with E-state index in [1.54, 1.807) is 0 Å². The van der Waals surface area contributed by atoms with Gasteiger partial charge in [0.25, 0.3) is 0 Å². The highest BCUT2D eigenvalue weighted by Gasteiger charge is 2.19. The molecular weight excluding hydrogens is 380 g/mol. The van der Waals surface area contributed by atoms with Crippen molar-refractivity contribution in [1.82, 2.24) is 24.2 Å². The van der Waals surface area contributed by atoms with Crippen LogP contribution in [-0.2, 0) is 13.7 Å². The van der Waals surface area contributed by atoms with Gasteiger partial charge in [-0.2, -0.15) is 5.10 Å². The van der Waals surface area contributed by atoms with Crippen LogP contribution in [0.3, 0.4) is 0 Å². The highest BCUT2D eigenvalue weighted by atomic mass is 35.5. The van der Waals surface area contributed by atoms with Gasteiger partial charge in [-0.1, -0.05) is 17.7 Å². The third-order valence-electron chi connectivity index (χ3n) is 4.82. The van der Waals surface area contributed by atoms with Crippen molar-refractivity contribution in [2.45, 2.75) is 6.67 Å². The molecule has 6 nitrogen and oxygen atoms in total. The lowest BCUT2D eigenvalue weighted by Gasteiger charge is -2.35. The molecule has 0 saturated carbocycles. The fraction of sp³-hybridized carbons (Fsp3) is 0.316. The molecule has 0 unspecified atom stereocenters. The fourth-order valence-electron chi connectivity index (χ4n) is 3.28. The summed E-state index contributed by atoms with van der Waals surface area (Å²) in [6.45, 7) is 4.48. The van der Waals surface area contributed by atoms with Crippen LogP contribution < -0.4 is 4.90 Å². The smallest absolute Gasteiger partial charge is 0.199 e. The van der Waals surface area contributed by atoms with Gasteiger partial charge in [0.05, 0.1) is 6.67 Å². The van der Waals surface area contributed by atoms with Crippen LogP contribution in [-0.4, -0.2) is 50.4 Å². The quantitative estimate of drug-likeness (QED) is 0.627. The van der Waals surface area contributed by atoms with Gasteiger partial charge in [0.15, 0.2) is 10.6 Å². The number of hydrogen-bond acceptors (Lipinski definition) is 5. The first-order valence-corrected chi connectivity index (χ1v) is 9.68. The summed E-state index contributed by atoms with van der Waals surface area (Å²) in [5.41, 5.74) is 1.01. The van der Waals surface area contributed by atoms with Gasteiger partial charge >= 0.3 is 0 Å². The van der Waals surface area contributed by atoms with Gasteiger partial charge in [0.2, 0.25) is 0 Å². The molecule has 1 saturated heterocycles. The molecule has 0 bridgehead atoms. The molecule has 1 fully saturated rings. The standard InChI is InChI=1S/C19H21ClN6S/c1-23-18(15-5-7-16(20)8-6-15)22-26(19(23)27)14-24-10-12-25(13-11-24)17-4-2-3-9-21-17/h2-9H,10-14H2,1H3. The second-order valence-corrected chi connectivity index (χ2v) is 7.41. The first-order valence-electron chi connectivity index (χ1n) is 8.90. The monoisotopic (exact) mass is 400 g/mol. The number of halogens is 1. The molecule has 8 heteroatoms. The molecule has 0 aliphatic carbocycles. The van der Waals surface area contributed by atoms with Crippen molar-refractivity contribution >= 4 is 29.6 Å². The number of aromatic nitrogens is 4. The Morgan fingerprint density at radius 2 is 1.78 bits per heavy atom. The Balaban J connectivity index is 1.45. The third kappa shape index (κ3) is 3.90. The maximum atomic E-state index is 5.99. The van der Waals surface area contributed by atoms with Gasteiger partial charge < -0.3 is 9.47 Å². The lowest BCUT2D eigenvalue weighted by molar-refractivity contribution is 0.194. The maximum absolute atomic E-state index is 5.99. The van der Waals surface area contributed by atoms with Crippen molar-refractivity contribution in [3.8, 4) is 11.4 Å². The van der Waals surface area contributed by atoms with Gasteiger partial charge in [0.1, 0.15) is 5.82 Å². The van der Waals surface area contributed by atoms with E-state index in [2.05, 4.69) is 20.9 Å². The molecular formula is C19H21ClN6S. The highest BCUT2D eigenvalue weighted by molar-refractivity contribution is 7.71. The van der Waals surface area contributed by atoms with Gasteiger partial charge in [-0.15, -0.1) is 0 Å². The number of piperazine rings is 1. The average molecular weight is 401 g/mol. The number of benzene rings is 1. The van der Waals surface area contributed by atoms with E-state index in [9.17, 15) is 0 Å². The van der Waals surface area contributed by atoms with Crippen LogP contribution in [0, 0.1) is 4.77 Å². The lowest BCUT2D eigenvalue weighted by atomic mass is 10.2. The summed E-state index contributed by atoms with van der Waals surface area (Å²) >= 11 is 11.6. The molecule has 27 heavy (non-hydrogen) atoms. The molecule has 0 spiro atoms. The first-order chi connectivity index (χ1) is 13.1. The summed E-state index contributed by atoms with van der Waals surface area (Å²) in [7, 11) is 1.95. The zero-order valence-electron chi connectivity index (χ0n) is 15.1. The SMILES string of the molecule is Cn1c(-c2ccc(Cl)cc2)nn(CN2CCN(c3ccccn3)CC2)c1=S. The topological polar surface area (TPSA) is 42.1 Å². The van der Waals surface area contributed by atoms with Crippen LogP contribution in [0.25, 0.3) is 11.4 Å².